The summed E-state index contributed by atoms with van der Waals surface area (Å²) in [5.74, 6) is -1.24. The van der Waals surface area contributed by atoms with E-state index in [1.54, 1.807) is 24.3 Å². The molecule has 1 amide bonds. The van der Waals surface area contributed by atoms with Crippen LogP contribution in [0.5, 0.6) is 5.75 Å². The van der Waals surface area contributed by atoms with E-state index < -0.39 is 32.7 Å². The number of ether oxygens (including phenoxy) is 2. The van der Waals surface area contributed by atoms with Gasteiger partial charge in [0.1, 0.15) is 16.5 Å². The summed E-state index contributed by atoms with van der Waals surface area (Å²) in [7, 11) is -1.42. The van der Waals surface area contributed by atoms with Gasteiger partial charge in [0.25, 0.3) is 0 Å². The largest absolute Gasteiger partial charge is 0.497 e. The molecule has 3 aromatic rings. The molecule has 12 heteroatoms. The van der Waals surface area contributed by atoms with Crippen LogP contribution in [0, 0.1) is 5.92 Å². The first kappa shape index (κ1) is 23.9. The fraction of sp³-hybridized carbons (Fsp3) is 0.364. The summed E-state index contributed by atoms with van der Waals surface area (Å²) in [6, 6.07) is 6.62. The predicted octanol–water partition coefficient (Wildman–Crippen LogP) is 3.13. The van der Waals surface area contributed by atoms with Crippen LogP contribution in [-0.2, 0) is 32.2 Å². The van der Waals surface area contributed by atoms with Gasteiger partial charge < -0.3 is 19.2 Å². The van der Waals surface area contributed by atoms with Crippen LogP contribution in [-0.4, -0.2) is 50.5 Å². The van der Waals surface area contributed by atoms with Gasteiger partial charge in [0.05, 0.1) is 19.8 Å². The van der Waals surface area contributed by atoms with Crippen LogP contribution in [0.4, 0.5) is 5.00 Å². The number of fused-ring (bicyclic) bond motifs is 1. The summed E-state index contributed by atoms with van der Waals surface area (Å²) < 4.78 is 40.7. The van der Waals surface area contributed by atoms with Crippen LogP contribution in [0.15, 0.2) is 33.9 Å². The van der Waals surface area contributed by atoms with Gasteiger partial charge >= 0.3 is 11.2 Å². The van der Waals surface area contributed by atoms with Crippen molar-refractivity contribution in [2.75, 3.05) is 25.3 Å². The van der Waals surface area contributed by atoms with Gasteiger partial charge in [-0.1, -0.05) is 12.0 Å². The molecular weight excluding hydrogens is 482 g/mol. The number of esters is 1. The van der Waals surface area contributed by atoms with Gasteiger partial charge in [-0.05, 0) is 55.0 Å². The SMILES string of the molecule is COC(=O)c1c(NC(=O)CS(=O)(=O)c2nnc(-c3ccc(OC)cc3)o2)sc2c1CCC(C)C2. The fourth-order valence-corrected chi connectivity index (χ4v) is 6.07. The molecule has 0 saturated carbocycles. The number of methoxy groups -OCH3 is 2. The monoisotopic (exact) mass is 505 g/mol. The van der Waals surface area contributed by atoms with E-state index in [1.165, 1.54) is 25.6 Å². The minimum atomic E-state index is -4.22. The molecule has 0 fully saturated rings. The Kier molecular flexibility index (Phi) is 6.71. The normalized spacial score (nSPS) is 15.4. The molecule has 4 rings (SSSR count). The molecule has 2 heterocycles. The number of nitrogens with one attached hydrogen (secondary N) is 1. The van der Waals surface area contributed by atoms with Gasteiger partial charge in [-0.15, -0.1) is 16.4 Å². The van der Waals surface area contributed by atoms with Gasteiger partial charge in [0.15, 0.2) is 0 Å². The summed E-state index contributed by atoms with van der Waals surface area (Å²) in [5.41, 5.74) is 1.65. The van der Waals surface area contributed by atoms with E-state index in [4.69, 9.17) is 13.9 Å². The van der Waals surface area contributed by atoms with Crippen LogP contribution >= 0.6 is 11.3 Å². The van der Waals surface area contributed by atoms with E-state index in [-0.39, 0.29) is 10.9 Å². The number of carbonyl (C=O) groups excluding carboxylic acids is 2. The summed E-state index contributed by atoms with van der Waals surface area (Å²) in [6.45, 7) is 2.12. The minimum Gasteiger partial charge on any atom is -0.497 e. The number of thiophene rings is 1. The quantitative estimate of drug-likeness (QED) is 0.480. The maximum atomic E-state index is 12.7. The first-order valence-corrected chi connectivity index (χ1v) is 12.9. The van der Waals surface area contributed by atoms with E-state index in [0.717, 1.165) is 23.3 Å². The highest BCUT2D eigenvalue weighted by atomic mass is 32.2. The van der Waals surface area contributed by atoms with Gasteiger partial charge in [-0.25, -0.2) is 13.2 Å². The Hall–Kier alpha value is -3.25. The maximum absolute atomic E-state index is 12.7. The number of hydrogen-bond acceptors (Lipinski definition) is 10. The van der Waals surface area contributed by atoms with Gasteiger partial charge in [0.2, 0.25) is 21.6 Å². The van der Waals surface area contributed by atoms with E-state index in [0.29, 0.717) is 29.2 Å². The lowest BCUT2D eigenvalue weighted by Crippen LogP contribution is -2.24. The Morgan fingerprint density at radius 3 is 2.62 bits per heavy atom. The van der Waals surface area contributed by atoms with Crippen molar-refractivity contribution in [3.8, 4) is 17.2 Å². The average Bonchev–Trinajstić information content (AvgIpc) is 3.43. The van der Waals surface area contributed by atoms with Crippen LogP contribution in [0.25, 0.3) is 11.5 Å². The molecule has 1 aliphatic carbocycles. The zero-order valence-electron chi connectivity index (χ0n) is 18.8. The van der Waals surface area contributed by atoms with E-state index in [2.05, 4.69) is 22.4 Å². The van der Waals surface area contributed by atoms with Gasteiger partial charge in [-0.2, -0.15) is 0 Å². The Labute approximate surface area is 200 Å². The molecule has 10 nitrogen and oxygen atoms in total. The minimum absolute atomic E-state index is 0.00494. The average molecular weight is 506 g/mol. The van der Waals surface area contributed by atoms with Crippen molar-refractivity contribution in [3.63, 3.8) is 0 Å². The van der Waals surface area contributed by atoms with Crippen LogP contribution < -0.4 is 10.1 Å². The smallest absolute Gasteiger partial charge is 0.341 e. The Balaban J connectivity index is 1.52. The molecule has 0 saturated heterocycles. The van der Waals surface area contributed by atoms with Crippen molar-refractivity contribution in [1.29, 1.82) is 0 Å². The first-order chi connectivity index (χ1) is 16.2. The number of amides is 1. The summed E-state index contributed by atoms with van der Waals surface area (Å²) in [4.78, 5) is 26.0. The predicted molar refractivity (Wildman–Crippen MR) is 124 cm³/mol. The molecule has 1 aliphatic rings. The van der Waals surface area contributed by atoms with Crippen molar-refractivity contribution in [2.24, 2.45) is 5.92 Å². The number of hydrogen-bond donors (Lipinski definition) is 1. The second-order valence-electron chi connectivity index (χ2n) is 7.96. The van der Waals surface area contributed by atoms with Crippen LogP contribution in [0.2, 0.25) is 0 Å². The molecule has 1 N–H and O–H groups in total. The second-order valence-corrected chi connectivity index (χ2v) is 10.9. The number of aromatic nitrogens is 2. The van der Waals surface area contributed by atoms with Crippen molar-refractivity contribution >= 4 is 38.1 Å². The Morgan fingerprint density at radius 1 is 1.21 bits per heavy atom. The fourth-order valence-electron chi connectivity index (χ4n) is 3.74. The lowest BCUT2D eigenvalue weighted by Gasteiger charge is -2.18. The molecule has 1 aromatic carbocycles. The van der Waals surface area contributed by atoms with Crippen molar-refractivity contribution in [3.05, 3.63) is 40.3 Å². The molecule has 0 spiro atoms. The third-order valence-corrected chi connectivity index (χ3v) is 7.99. The molecular formula is C22H23N3O7S2. The highest BCUT2D eigenvalue weighted by Crippen LogP contribution is 2.40. The van der Waals surface area contributed by atoms with Gasteiger partial charge in [0, 0.05) is 10.4 Å². The highest BCUT2D eigenvalue weighted by Gasteiger charge is 2.31. The number of nitrogens with zero attached hydrogens (tertiary/aromatic N) is 2. The number of sulfone groups is 1. The first-order valence-electron chi connectivity index (χ1n) is 10.4. The van der Waals surface area contributed by atoms with E-state index >= 15 is 0 Å². The number of benzene rings is 1. The van der Waals surface area contributed by atoms with Crippen molar-refractivity contribution < 1.29 is 31.9 Å². The molecule has 1 unspecified atom stereocenters. The van der Waals surface area contributed by atoms with Crippen molar-refractivity contribution in [1.82, 2.24) is 10.2 Å². The number of anilines is 1. The lowest BCUT2D eigenvalue weighted by molar-refractivity contribution is -0.113. The Bertz CT molecular complexity index is 1330. The molecule has 0 aliphatic heterocycles. The zero-order valence-corrected chi connectivity index (χ0v) is 20.4. The second kappa shape index (κ2) is 9.55. The van der Waals surface area contributed by atoms with Crippen molar-refractivity contribution in [2.45, 2.75) is 31.4 Å². The van der Waals surface area contributed by atoms with Crippen LogP contribution in [0.3, 0.4) is 0 Å². The number of rotatable bonds is 7. The molecule has 2 aromatic heterocycles. The summed E-state index contributed by atoms with van der Waals surface area (Å²) in [6.07, 6.45) is 2.40. The Morgan fingerprint density at radius 2 is 1.94 bits per heavy atom. The van der Waals surface area contributed by atoms with E-state index in [1.807, 2.05) is 0 Å². The molecule has 0 radical (unpaired) electrons. The molecule has 1 atom stereocenters. The molecule has 180 valence electrons. The zero-order chi connectivity index (χ0) is 24.5. The summed E-state index contributed by atoms with van der Waals surface area (Å²) in [5, 5.41) is 9.56. The van der Waals surface area contributed by atoms with Crippen LogP contribution in [0.1, 0.15) is 34.1 Å². The number of carbonyl (C=O) groups is 2. The third kappa shape index (κ3) is 4.82. The van der Waals surface area contributed by atoms with Gasteiger partial charge in [-0.3, -0.25) is 4.79 Å². The van der Waals surface area contributed by atoms with E-state index in [9.17, 15) is 18.0 Å². The third-order valence-electron chi connectivity index (χ3n) is 5.48. The summed E-state index contributed by atoms with van der Waals surface area (Å²) >= 11 is 1.27. The topological polar surface area (TPSA) is 138 Å². The molecule has 34 heavy (non-hydrogen) atoms. The molecule has 0 bridgehead atoms. The standard InChI is InChI=1S/C22H23N3O7S2/c1-12-4-9-15-16(10-12)33-20(18(15)21(27)31-3)23-17(26)11-34(28,29)22-25-24-19(32-22)13-5-7-14(30-2)8-6-13/h5-8,12H,4,9-11H2,1-3H3,(H,23,26). The highest BCUT2D eigenvalue weighted by molar-refractivity contribution is 7.91. The lowest BCUT2D eigenvalue weighted by atomic mass is 9.88. The maximum Gasteiger partial charge on any atom is 0.341 e.